The standard InChI is InChI=1S/C21H21BrO4/c1-24-19-17-7-4-3-6-16(17)18(20(19)25-2)8-5-13-26-21(23)14-9-11-15(22)12-10-14/h3-4,6-7,9-12,19H,5,8,13H2,1-2H3. The van der Waals surface area contributed by atoms with E-state index in [0.717, 1.165) is 39.8 Å². The van der Waals surface area contributed by atoms with Gasteiger partial charge in [0.15, 0.2) is 0 Å². The number of hydrogen-bond donors (Lipinski definition) is 0. The largest absolute Gasteiger partial charge is 0.498 e. The summed E-state index contributed by atoms with van der Waals surface area (Å²) < 4.78 is 17.5. The van der Waals surface area contributed by atoms with Crippen molar-refractivity contribution in [2.75, 3.05) is 20.8 Å². The molecule has 0 aromatic heterocycles. The van der Waals surface area contributed by atoms with Gasteiger partial charge in [-0.25, -0.2) is 4.79 Å². The minimum atomic E-state index is -0.306. The van der Waals surface area contributed by atoms with Crippen molar-refractivity contribution in [2.24, 2.45) is 0 Å². The number of ether oxygens (including phenoxy) is 3. The van der Waals surface area contributed by atoms with Crippen molar-refractivity contribution >= 4 is 27.5 Å². The average Bonchev–Trinajstić information content (AvgIpc) is 2.98. The molecule has 0 bridgehead atoms. The highest BCUT2D eigenvalue weighted by Gasteiger charge is 2.31. The summed E-state index contributed by atoms with van der Waals surface area (Å²) in [6.07, 6.45) is 1.31. The fourth-order valence-corrected chi connectivity index (χ4v) is 3.50. The van der Waals surface area contributed by atoms with Crippen LogP contribution in [0.1, 0.15) is 40.4 Å². The number of hydrogen-bond acceptors (Lipinski definition) is 4. The summed E-state index contributed by atoms with van der Waals surface area (Å²) in [7, 11) is 3.35. The summed E-state index contributed by atoms with van der Waals surface area (Å²) in [5.74, 6) is 0.535. The second kappa shape index (κ2) is 8.52. The van der Waals surface area contributed by atoms with Gasteiger partial charge in [0.1, 0.15) is 11.9 Å². The number of carbonyl (C=O) groups is 1. The fraction of sp³-hybridized carbons (Fsp3) is 0.286. The summed E-state index contributed by atoms with van der Waals surface area (Å²) in [6, 6.07) is 15.3. The van der Waals surface area contributed by atoms with E-state index in [1.54, 1.807) is 26.4 Å². The first kappa shape index (κ1) is 18.7. The maximum Gasteiger partial charge on any atom is 0.338 e. The Bertz CT molecular complexity index is 811. The molecule has 0 fully saturated rings. The zero-order valence-corrected chi connectivity index (χ0v) is 16.4. The number of esters is 1. The number of benzene rings is 2. The molecule has 136 valence electrons. The highest BCUT2D eigenvalue weighted by Crippen LogP contribution is 2.44. The molecule has 0 heterocycles. The molecule has 0 amide bonds. The fourth-order valence-electron chi connectivity index (χ4n) is 3.24. The van der Waals surface area contributed by atoms with Crippen LogP contribution in [0, 0.1) is 0 Å². The van der Waals surface area contributed by atoms with Crippen LogP contribution in [0.2, 0.25) is 0 Å². The molecule has 26 heavy (non-hydrogen) atoms. The Hall–Kier alpha value is -2.11. The first-order valence-corrected chi connectivity index (χ1v) is 9.26. The van der Waals surface area contributed by atoms with E-state index in [0.29, 0.717) is 12.2 Å². The van der Waals surface area contributed by atoms with Gasteiger partial charge in [0, 0.05) is 17.2 Å². The van der Waals surface area contributed by atoms with Gasteiger partial charge in [-0.15, -0.1) is 0 Å². The number of carbonyl (C=O) groups excluding carboxylic acids is 1. The lowest BCUT2D eigenvalue weighted by molar-refractivity contribution is 0.0501. The van der Waals surface area contributed by atoms with E-state index in [1.807, 2.05) is 24.3 Å². The number of rotatable bonds is 7. The van der Waals surface area contributed by atoms with E-state index >= 15 is 0 Å². The Morgan fingerprint density at radius 2 is 1.81 bits per heavy atom. The van der Waals surface area contributed by atoms with Gasteiger partial charge in [0.2, 0.25) is 0 Å². The lowest BCUT2D eigenvalue weighted by Crippen LogP contribution is -2.06. The summed E-state index contributed by atoms with van der Waals surface area (Å²) in [5.41, 5.74) is 3.94. The third-order valence-electron chi connectivity index (χ3n) is 4.44. The predicted molar refractivity (Wildman–Crippen MR) is 104 cm³/mol. The molecule has 0 N–H and O–H groups in total. The molecule has 2 aromatic carbocycles. The Morgan fingerprint density at radius 3 is 2.50 bits per heavy atom. The molecule has 2 aromatic rings. The second-order valence-corrected chi connectivity index (χ2v) is 6.91. The van der Waals surface area contributed by atoms with Gasteiger partial charge in [-0.05, 0) is 48.2 Å². The van der Waals surface area contributed by atoms with E-state index in [4.69, 9.17) is 14.2 Å². The van der Waals surface area contributed by atoms with Crippen molar-refractivity contribution in [3.63, 3.8) is 0 Å². The van der Waals surface area contributed by atoms with E-state index in [-0.39, 0.29) is 12.1 Å². The van der Waals surface area contributed by atoms with Crippen LogP contribution in [0.5, 0.6) is 0 Å². The van der Waals surface area contributed by atoms with Gasteiger partial charge < -0.3 is 14.2 Å². The smallest absolute Gasteiger partial charge is 0.338 e. The third-order valence-corrected chi connectivity index (χ3v) is 4.97. The summed E-state index contributed by atoms with van der Waals surface area (Å²) in [4.78, 5) is 12.1. The highest BCUT2D eigenvalue weighted by atomic mass is 79.9. The van der Waals surface area contributed by atoms with Crippen molar-refractivity contribution in [2.45, 2.75) is 18.9 Å². The maximum absolute atomic E-state index is 12.1. The Morgan fingerprint density at radius 1 is 1.08 bits per heavy atom. The number of fused-ring (bicyclic) bond motifs is 1. The molecule has 1 aliphatic rings. The second-order valence-electron chi connectivity index (χ2n) is 6.00. The lowest BCUT2D eigenvalue weighted by atomic mass is 10.0. The number of allylic oxidation sites excluding steroid dienone is 1. The molecule has 1 unspecified atom stereocenters. The van der Waals surface area contributed by atoms with Crippen LogP contribution < -0.4 is 0 Å². The summed E-state index contributed by atoms with van der Waals surface area (Å²) >= 11 is 3.35. The molecule has 1 atom stereocenters. The molecule has 0 aliphatic heterocycles. The topological polar surface area (TPSA) is 44.8 Å². The van der Waals surface area contributed by atoms with Crippen LogP contribution in [0.15, 0.2) is 58.8 Å². The van der Waals surface area contributed by atoms with Gasteiger partial charge in [0.05, 0.1) is 19.3 Å². The third kappa shape index (κ3) is 3.84. The van der Waals surface area contributed by atoms with Crippen LogP contribution in [0.25, 0.3) is 5.57 Å². The molecular weight excluding hydrogens is 396 g/mol. The van der Waals surface area contributed by atoms with Gasteiger partial charge in [-0.2, -0.15) is 0 Å². The molecule has 0 saturated heterocycles. The minimum absolute atomic E-state index is 0.170. The first-order chi connectivity index (χ1) is 12.7. The van der Waals surface area contributed by atoms with Crippen molar-refractivity contribution in [3.8, 4) is 0 Å². The molecule has 0 saturated carbocycles. The SMILES string of the molecule is COC1=C(CCCOC(=O)c2ccc(Br)cc2)c2ccccc2C1OC. The molecule has 0 spiro atoms. The van der Waals surface area contributed by atoms with E-state index < -0.39 is 0 Å². The normalized spacial score (nSPS) is 15.7. The molecule has 4 nitrogen and oxygen atoms in total. The van der Waals surface area contributed by atoms with Gasteiger partial charge in [-0.3, -0.25) is 0 Å². The number of halogens is 1. The minimum Gasteiger partial charge on any atom is -0.498 e. The molecule has 0 radical (unpaired) electrons. The van der Waals surface area contributed by atoms with Crippen molar-refractivity contribution in [3.05, 3.63) is 75.5 Å². The Balaban J connectivity index is 1.62. The number of methoxy groups -OCH3 is 2. The van der Waals surface area contributed by atoms with E-state index in [2.05, 4.69) is 28.1 Å². The first-order valence-electron chi connectivity index (χ1n) is 8.47. The Kier molecular flexibility index (Phi) is 6.12. The molecule has 5 heteroatoms. The zero-order valence-electron chi connectivity index (χ0n) is 14.8. The van der Waals surface area contributed by atoms with E-state index in [9.17, 15) is 4.79 Å². The molecule has 1 aliphatic carbocycles. The van der Waals surface area contributed by atoms with Gasteiger partial charge in [0.25, 0.3) is 0 Å². The van der Waals surface area contributed by atoms with Gasteiger partial charge >= 0.3 is 5.97 Å². The van der Waals surface area contributed by atoms with Crippen LogP contribution in [-0.4, -0.2) is 26.8 Å². The van der Waals surface area contributed by atoms with E-state index in [1.165, 1.54) is 0 Å². The summed E-state index contributed by atoms with van der Waals surface area (Å²) in [5, 5.41) is 0. The molecule has 3 rings (SSSR count). The maximum atomic E-state index is 12.1. The summed E-state index contributed by atoms with van der Waals surface area (Å²) in [6.45, 7) is 0.356. The average molecular weight is 417 g/mol. The Labute approximate surface area is 161 Å². The van der Waals surface area contributed by atoms with Crippen LogP contribution in [-0.2, 0) is 14.2 Å². The van der Waals surface area contributed by atoms with Gasteiger partial charge in [-0.1, -0.05) is 40.2 Å². The lowest BCUT2D eigenvalue weighted by Gasteiger charge is -2.14. The van der Waals surface area contributed by atoms with Crippen LogP contribution in [0.3, 0.4) is 0 Å². The van der Waals surface area contributed by atoms with Crippen LogP contribution in [0.4, 0.5) is 0 Å². The van der Waals surface area contributed by atoms with Crippen LogP contribution >= 0.6 is 15.9 Å². The van der Waals surface area contributed by atoms with Crippen molar-refractivity contribution in [1.29, 1.82) is 0 Å². The predicted octanol–water partition coefficient (Wildman–Crippen LogP) is 5.14. The molecular formula is C21H21BrO4. The van der Waals surface area contributed by atoms with Crippen molar-refractivity contribution in [1.82, 2.24) is 0 Å². The monoisotopic (exact) mass is 416 g/mol. The highest BCUT2D eigenvalue weighted by molar-refractivity contribution is 9.10. The quantitative estimate of drug-likeness (QED) is 0.462. The zero-order chi connectivity index (χ0) is 18.5. The van der Waals surface area contributed by atoms with Crippen molar-refractivity contribution < 1.29 is 19.0 Å².